The van der Waals surface area contributed by atoms with E-state index in [4.69, 9.17) is 27.2 Å². The average Bonchev–Trinajstić information content (AvgIpc) is 2.40. The van der Waals surface area contributed by atoms with Crippen LogP contribution < -0.4 is 0 Å². The Morgan fingerprint density at radius 1 is 0.808 bits per heavy atom. The van der Waals surface area contributed by atoms with E-state index >= 15 is 0 Å². The Bertz CT molecular complexity index is 454. The van der Waals surface area contributed by atoms with Crippen LogP contribution in [0.3, 0.4) is 0 Å². The van der Waals surface area contributed by atoms with E-state index in [2.05, 4.69) is 13.1 Å². The lowest BCUT2D eigenvalue weighted by molar-refractivity contribution is -0.156. The van der Waals surface area contributed by atoms with Gasteiger partial charge in [-0.05, 0) is 46.2 Å². The molecule has 8 nitrogen and oxygen atoms in total. The topological polar surface area (TPSA) is 89.5 Å². The third-order valence-corrected chi connectivity index (χ3v) is 13.0. The number of methoxy groups -OCH3 is 1. The molecule has 0 spiro atoms. The van der Waals surface area contributed by atoms with Gasteiger partial charge in [0.15, 0.2) is 6.79 Å². The zero-order valence-electron chi connectivity index (χ0n) is 17.3. The highest BCUT2D eigenvalue weighted by Gasteiger charge is 2.40. The Morgan fingerprint density at radius 2 is 1.27 bits per heavy atom. The highest BCUT2D eigenvalue weighted by molar-refractivity contribution is 6.87. The van der Waals surface area contributed by atoms with E-state index in [0.29, 0.717) is 12.5 Å². The van der Waals surface area contributed by atoms with Gasteiger partial charge in [-0.15, -0.1) is 0 Å². The van der Waals surface area contributed by atoms with Crippen LogP contribution in [-0.2, 0) is 36.8 Å². The van der Waals surface area contributed by atoms with Crippen LogP contribution >= 0.6 is 0 Å². The fourth-order valence-corrected chi connectivity index (χ4v) is 15.2. The van der Waals surface area contributed by atoms with Crippen LogP contribution in [0, 0.1) is 0 Å². The molecule has 0 radical (unpaired) electrons. The quantitative estimate of drug-likeness (QED) is 0.137. The predicted octanol–water partition coefficient (Wildman–Crippen LogP) is 2.33. The third kappa shape index (κ3) is 13.7. The molecule has 0 rings (SSSR count). The molecule has 0 aliphatic carbocycles. The van der Waals surface area contributed by atoms with Gasteiger partial charge in [-0.1, -0.05) is 0 Å². The molecule has 0 heterocycles. The zero-order chi connectivity index (χ0) is 20.4. The molecule has 0 bridgehead atoms. The van der Waals surface area contributed by atoms with Crippen molar-refractivity contribution in [1.29, 1.82) is 0 Å². The minimum Gasteiger partial charge on any atom is -0.438 e. The van der Waals surface area contributed by atoms with Crippen LogP contribution in [0.5, 0.6) is 0 Å². The summed E-state index contributed by atoms with van der Waals surface area (Å²) in [4.78, 5) is 22.1. The van der Waals surface area contributed by atoms with E-state index in [-0.39, 0.29) is 25.8 Å². The summed E-state index contributed by atoms with van der Waals surface area (Å²) in [5.41, 5.74) is 0. The van der Waals surface area contributed by atoms with Crippen LogP contribution in [-0.4, -0.2) is 70.1 Å². The van der Waals surface area contributed by atoms with Gasteiger partial charge in [0, 0.05) is 7.11 Å². The molecule has 0 aromatic carbocycles. The minimum atomic E-state index is -2.37. The molecule has 0 amide bonds. The first-order valence-electron chi connectivity index (χ1n) is 8.48. The number of carbonyl (C=O) groups is 2. The molecule has 0 saturated heterocycles. The molecule has 11 heteroatoms. The first-order valence-corrected chi connectivity index (χ1v) is 17.5. The van der Waals surface area contributed by atoms with Crippen molar-refractivity contribution in [3.05, 3.63) is 0 Å². The fourth-order valence-electron chi connectivity index (χ4n) is 2.43. The monoisotopic (exact) mass is 426 g/mol. The first-order chi connectivity index (χ1) is 11.8. The largest absolute Gasteiger partial charge is 0.438 e. The Kier molecular flexibility index (Phi) is 11.3. The third-order valence-electron chi connectivity index (χ3n) is 2.84. The molecule has 26 heavy (non-hydrogen) atoms. The lowest BCUT2D eigenvalue weighted by Gasteiger charge is -2.38. The summed E-state index contributed by atoms with van der Waals surface area (Å²) in [5.74, 6) is -0.820. The summed E-state index contributed by atoms with van der Waals surface area (Å²) in [6.45, 7) is 13.7. The lowest BCUT2D eigenvalue weighted by atomic mass is 10.3. The second kappa shape index (κ2) is 11.4. The standard InChI is InChI=1S/C15H34O8Si3/c1-14(16)9-15(17)21-11-20-13-25(5,6)23-26(7,8)22-24(3,4)12-19-10-18-2/h9-13H2,1-8H3. The van der Waals surface area contributed by atoms with Crippen LogP contribution in [0.15, 0.2) is 0 Å². The molecular weight excluding hydrogens is 392 g/mol. The van der Waals surface area contributed by atoms with E-state index in [0.717, 1.165) is 0 Å². The van der Waals surface area contributed by atoms with Gasteiger partial charge < -0.3 is 27.2 Å². The van der Waals surface area contributed by atoms with Crippen LogP contribution in [0.25, 0.3) is 0 Å². The second-order valence-corrected chi connectivity index (χ2v) is 19.8. The second-order valence-electron chi connectivity index (χ2n) is 7.74. The summed E-state index contributed by atoms with van der Waals surface area (Å²) in [7, 11) is -4.98. The van der Waals surface area contributed by atoms with Crippen molar-refractivity contribution in [3.63, 3.8) is 0 Å². The lowest BCUT2D eigenvalue weighted by Crippen LogP contribution is -2.55. The number of rotatable bonds is 14. The normalized spacial score (nSPS) is 12.9. The van der Waals surface area contributed by atoms with Crippen molar-refractivity contribution in [1.82, 2.24) is 0 Å². The van der Waals surface area contributed by atoms with Crippen LogP contribution in [0.1, 0.15) is 13.3 Å². The highest BCUT2D eigenvalue weighted by Crippen LogP contribution is 2.21. The van der Waals surface area contributed by atoms with Gasteiger partial charge in [0.2, 0.25) is 16.6 Å². The number of ether oxygens (including phenoxy) is 4. The van der Waals surface area contributed by atoms with Gasteiger partial charge in [-0.25, -0.2) is 0 Å². The first kappa shape index (κ1) is 25.6. The van der Waals surface area contributed by atoms with Gasteiger partial charge in [-0.3, -0.25) is 9.59 Å². The summed E-state index contributed by atoms with van der Waals surface area (Å²) >= 11 is 0. The zero-order valence-corrected chi connectivity index (χ0v) is 20.3. The van der Waals surface area contributed by atoms with Crippen molar-refractivity contribution < 1.29 is 36.8 Å². The van der Waals surface area contributed by atoms with Gasteiger partial charge in [0.25, 0.3) is 0 Å². The number of esters is 1. The molecular formula is C15H34O8Si3. The molecule has 0 atom stereocenters. The fraction of sp³-hybridized carbons (Fsp3) is 0.867. The molecule has 0 aliphatic rings. The van der Waals surface area contributed by atoms with Gasteiger partial charge in [0.05, 0.1) is 12.5 Å². The van der Waals surface area contributed by atoms with Crippen molar-refractivity contribution in [3.8, 4) is 0 Å². The molecule has 0 N–H and O–H groups in total. The maximum atomic E-state index is 11.3. The Hall–Kier alpha value is -0.409. The van der Waals surface area contributed by atoms with Crippen LogP contribution in [0.4, 0.5) is 0 Å². The smallest absolute Gasteiger partial charge is 0.315 e. The van der Waals surface area contributed by atoms with E-state index in [1.807, 2.05) is 26.2 Å². The van der Waals surface area contributed by atoms with Gasteiger partial charge in [-0.2, -0.15) is 0 Å². The number of Topliss-reactive ketones (excluding diaryl/α,β-unsaturated/α-hetero) is 1. The summed E-state index contributed by atoms with van der Waals surface area (Å²) in [5, 5.41) is 0. The maximum Gasteiger partial charge on any atom is 0.315 e. The Labute approximate surface area is 159 Å². The minimum absolute atomic E-state index is 0.181. The highest BCUT2D eigenvalue weighted by atomic mass is 28.5. The predicted molar refractivity (Wildman–Crippen MR) is 105 cm³/mol. The summed E-state index contributed by atoms with van der Waals surface area (Å²) in [6.07, 6.45) is 0.660. The Morgan fingerprint density at radius 3 is 1.69 bits per heavy atom. The number of carbonyl (C=O) groups excluding carboxylic acids is 2. The molecule has 154 valence electrons. The molecule has 0 aliphatic heterocycles. The number of hydrogen-bond donors (Lipinski definition) is 0. The van der Waals surface area contributed by atoms with E-state index in [1.54, 1.807) is 7.11 Å². The average molecular weight is 427 g/mol. The molecule has 0 saturated carbocycles. The molecule has 0 aromatic heterocycles. The summed E-state index contributed by atoms with van der Waals surface area (Å²) < 4.78 is 33.3. The maximum absolute atomic E-state index is 11.3. The van der Waals surface area contributed by atoms with Crippen LogP contribution in [0.2, 0.25) is 39.3 Å². The molecule has 0 aromatic rings. The van der Waals surface area contributed by atoms with Gasteiger partial charge in [0.1, 0.15) is 19.0 Å². The molecule has 0 fully saturated rings. The van der Waals surface area contributed by atoms with E-state index in [1.165, 1.54) is 6.92 Å². The van der Waals surface area contributed by atoms with E-state index in [9.17, 15) is 9.59 Å². The number of hydrogen-bond acceptors (Lipinski definition) is 8. The Balaban J connectivity index is 4.34. The number of ketones is 1. The van der Waals surface area contributed by atoms with E-state index < -0.39 is 31.2 Å². The van der Waals surface area contributed by atoms with Crippen molar-refractivity contribution >= 4 is 36.9 Å². The van der Waals surface area contributed by atoms with Crippen molar-refractivity contribution in [2.24, 2.45) is 0 Å². The molecule has 0 unspecified atom stereocenters. The van der Waals surface area contributed by atoms with Gasteiger partial charge >= 0.3 is 14.5 Å². The van der Waals surface area contributed by atoms with Crippen molar-refractivity contribution in [2.75, 3.05) is 33.2 Å². The SMILES string of the molecule is COCOC[Si](C)(C)O[Si](C)(C)O[Si](C)(C)COCOC(=O)CC(C)=O. The summed E-state index contributed by atoms with van der Waals surface area (Å²) in [6, 6.07) is 0. The van der Waals surface area contributed by atoms with Crippen molar-refractivity contribution in [2.45, 2.75) is 52.6 Å².